The molecule has 5 nitrogen and oxygen atoms in total. The second-order valence-corrected chi connectivity index (χ2v) is 8.84. The Bertz CT molecular complexity index is 1130. The van der Waals surface area contributed by atoms with Crippen LogP contribution >= 0.6 is 0 Å². The summed E-state index contributed by atoms with van der Waals surface area (Å²) in [6, 6.07) is 25.5. The van der Waals surface area contributed by atoms with E-state index in [1.54, 1.807) is 12.1 Å². The average molecular weight is 483 g/mol. The van der Waals surface area contributed by atoms with Crippen LogP contribution in [0.5, 0.6) is 0 Å². The van der Waals surface area contributed by atoms with Crippen LogP contribution in [0.4, 0.5) is 11.4 Å². The number of carbonyl (C=O) groups is 1. The number of anilines is 2. The molecule has 0 radical (unpaired) electrons. The van der Waals surface area contributed by atoms with Gasteiger partial charge in [0, 0.05) is 37.1 Å². The van der Waals surface area contributed by atoms with Gasteiger partial charge in [-0.05, 0) is 66.8 Å². The van der Waals surface area contributed by atoms with E-state index in [0.717, 1.165) is 48.5 Å². The van der Waals surface area contributed by atoms with E-state index in [1.807, 2.05) is 60.7 Å². The minimum Gasteiger partial charge on any atom is -0.372 e. The first-order valence-electron chi connectivity index (χ1n) is 12.5. The second-order valence-electron chi connectivity index (χ2n) is 8.84. The van der Waals surface area contributed by atoms with Gasteiger partial charge in [0.2, 0.25) is 0 Å². The summed E-state index contributed by atoms with van der Waals surface area (Å²) >= 11 is 0. The Kier molecular flexibility index (Phi) is 9.48. The van der Waals surface area contributed by atoms with Gasteiger partial charge in [-0.2, -0.15) is 0 Å². The summed E-state index contributed by atoms with van der Waals surface area (Å²) in [5.74, 6) is -0.110. The number of carbonyl (C=O) groups excluding carboxylic acids is 1. The van der Waals surface area contributed by atoms with Crippen LogP contribution in [0.2, 0.25) is 0 Å². The molecule has 0 saturated carbocycles. The number of nitrogens with one attached hydrogen (secondary N) is 1. The Morgan fingerprint density at radius 2 is 1.61 bits per heavy atom. The zero-order valence-electron chi connectivity index (χ0n) is 20.8. The van der Waals surface area contributed by atoms with Crippen molar-refractivity contribution in [2.24, 2.45) is 0 Å². The Balaban J connectivity index is 1.21. The molecule has 1 aliphatic heterocycles. The van der Waals surface area contributed by atoms with Gasteiger partial charge in [0.05, 0.1) is 6.61 Å². The molecule has 1 unspecified atom stereocenters. The van der Waals surface area contributed by atoms with Crippen molar-refractivity contribution < 1.29 is 14.3 Å². The van der Waals surface area contributed by atoms with Crippen molar-refractivity contribution >= 4 is 29.4 Å². The topological polar surface area (TPSA) is 50.8 Å². The molecular weight excluding hydrogens is 448 g/mol. The molecule has 3 aromatic carbocycles. The molecular formula is C31H34N2O3. The first kappa shape index (κ1) is 25.4. The Morgan fingerprint density at radius 1 is 0.944 bits per heavy atom. The van der Waals surface area contributed by atoms with Gasteiger partial charge in [-0.25, -0.2) is 0 Å². The number of ether oxygens (including phenoxy) is 2. The molecule has 4 rings (SSSR count). The van der Waals surface area contributed by atoms with Gasteiger partial charge in [-0.15, -0.1) is 0 Å². The molecule has 3 aromatic rings. The van der Waals surface area contributed by atoms with Crippen molar-refractivity contribution in [3.8, 4) is 0 Å². The third-order valence-electron chi connectivity index (χ3n) is 6.10. The van der Waals surface area contributed by atoms with E-state index in [0.29, 0.717) is 12.2 Å². The summed E-state index contributed by atoms with van der Waals surface area (Å²) in [5, 5.41) is 2.92. The molecule has 1 N–H and O–H groups in total. The van der Waals surface area contributed by atoms with E-state index >= 15 is 0 Å². The highest BCUT2D eigenvalue weighted by atomic mass is 16.7. The fourth-order valence-electron chi connectivity index (χ4n) is 3.94. The lowest BCUT2D eigenvalue weighted by atomic mass is 10.1. The van der Waals surface area contributed by atoms with Crippen LogP contribution in [0.3, 0.4) is 0 Å². The largest absolute Gasteiger partial charge is 0.372 e. The number of benzene rings is 3. The lowest BCUT2D eigenvalue weighted by molar-refractivity contribution is -0.160. The van der Waals surface area contributed by atoms with E-state index in [1.165, 1.54) is 6.42 Å². The number of likely N-dealkylation sites (N-methyl/N-ethyl adjacent to an activating group) is 1. The smallest absolute Gasteiger partial charge is 0.255 e. The van der Waals surface area contributed by atoms with Crippen LogP contribution in [-0.4, -0.2) is 39.0 Å². The van der Waals surface area contributed by atoms with Gasteiger partial charge < -0.3 is 19.7 Å². The summed E-state index contributed by atoms with van der Waals surface area (Å²) in [5.41, 5.74) is 4.79. The molecule has 1 heterocycles. The third-order valence-corrected chi connectivity index (χ3v) is 6.10. The second kappa shape index (κ2) is 13.4. The zero-order chi connectivity index (χ0) is 25.0. The maximum absolute atomic E-state index is 12.3. The fourth-order valence-corrected chi connectivity index (χ4v) is 3.94. The number of hydrogen-bond acceptors (Lipinski definition) is 4. The Labute approximate surface area is 214 Å². The molecule has 0 aliphatic carbocycles. The van der Waals surface area contributed by atoms with Gasteiger partial charge in [-0.3, -0.25) is 4.79 Å². The standard InChI is InChI=1S/C31H34N2O3/c1-33(22-24-36-30-13-7-8-23-35-30)29-20-16-26(17-21-29)10-6-5-9-25-14-18-28(19-15-25)32-31(34)27-11-3-2-4-12-27/h2-6,9-12,14-21,30H,7-8,13,22-24H2,1H3,(H,32,34)/b9-5+,10-6+. The number of hydrogen-bond donors (Lipinski definition) is 1. The van der Waals surface area contributed by atoms with Gasteiger partial charge in [0.15, 0.2) is 6.29 Å². The molecule has 1 aliphatic rings. The van der Waals surface area contributed by atoms with Gasteiger partial charge in [0.1, 0.15) is 0 Å². The highest BCUT2D eigenvalue weighted by Crippen LogP contribution is 2.17. The monoisotopic (exact) mass is 482 g/mol. The lowest BCUT2D eigenvalue weighted by Gasteiger charge is -2.25. The predicted molar refractivity (Wildman–Crippen MR) is 148 cm³/mol. The Morgan fingerprint density at radius 3 is 2.25 bits per heavy atom. The summed E-state index contributed by atoms with van der Waals surface area (Å²) < 4.78 is 11.5. The first-order chi connectivity index (χ1) is 17.7. The van der Waals surface area contributed by atoms with Crippen LogP contribution < -0.4 is 10.2 Å². The third kappa shape index (κ3) is 7.94. The highest BCUT2D eigenvalue weighted by Gasteiger charge is 2.14. The van der Waals surface area contributed by atoms with E-state index in [-0.39, 0.29) is 12.2 Å². The van der Waals surface area contributed by atoms with Crippen LogP contribution in [0.15, 0.2) is 91.0 Å². The molecule has 1 amide bonds. The zero-order valence-corrected chi connectivity index (χ0v) is 20.8. The van der Waals surface area contributed by atoms with Crippen molar-refractivity contribution in [3.05, 3.63) is 108 Å². The number of rotatable bonds is 10. The van der Waals surface area contributed by atoms with Crippen LogP contribution in [-0.2, 0) is 9.47 Å². The number of amides is 1. The normalized spacial score (nSPS) is 15.9. The maximum Gasteiger partial charge on any atom is 0.255 e. The van der Waals surface area contributed by atoms with E-state index in [4.69, 9.17) is 9.47 Å². The molecule has 0 bridgehead atoms. The SMILES string of the molecule is CN(CCOC1CCCCO1)c1ccc(/C=C/C=C/c2ccc(NC(=O)c3ccccc3)cc2)cc1. The highest BCUT2D eigenvalue weighted by molar-refractivity contribution is 6.04. The predicted octanol–water partition coefficient (Wildman–Crippen LogP) is 6.64. The quantitative estimate of drug-likeness (QED) is 0.329. The van der Waals surface area contributed by atoms with E-state index in [2.05, 4.69) is 47.6 Å². The average Bonchev–Trinajstić information content (AvgIpc) is 2.93. The molecule has 0 aromatic heterocycles. The van der Waals surface area contributed by atoms with E-state index < -0.39 is 0 Å². The van der Waals surface area contributed by atoms with Crippen molar-refractivity contribution in [2.45, 2.75) is 25.6 Å². The summed E-state index contributed by atoms with van der Waals surface area (Å²) in [6.45, 7) is 2.30. The van der Waals surface area contributed by atoms with Crippen molar-refractivity contribution in [3.63, 3.8) is 0 Å². The van der Waals surface area contributed by atoms with Crippen LogP contribution in [0.25, 0.3) is 12.2 Å². The minimum absolute atomic E-state index is 0.0360. The maximum atomic E-state index is 12.3. The molecule has 0 spiro atoms. The van der Waals surface area contributed by atoms with Crippen molar-refractivity contribution in [1.82, 2.24) is 0 Å². The summed E-state index contributed by atoms with van der Waals surface area (Å²) in [4.78, 5) is 14.5. The van der Waals surface area contributed by atoms with Crippen molar-refractivity contribution in [1.29, 1.82) is 0 Å². The van der Waals surface area contributed by atoms with Gasteiger partial charge in [-0.1, -0.05) is 66.8 Å². The first-order valence-corrected chi connectivity index (χ1v) is 12.5. The Hall–Kier alpha value is -3.67. The fraction of sp³-hybridized carbons (Fsp3) is 0.258. The van der Waals surface area contributed by atoms with Crippen molar-refractivity contribution in [2.75, 3.05) is 37.0 Å². The minimum atomic E-state index is -0.110. The molecule has 5 heteroatoms. The van der Waals surface area contributed by atoms with E-state index in [9.17, 15) is 4.79 Å². The molecule has 1 saturated heterocycles. The summed E-state index contributed by atoms with van der Waals surface area (Å²) in [7, 11) is 2.08. The van der Waals surface area contributed by atoms with Gasteiger partial charge in [0.25, 0.3) is 5.91 Å². The molecule has 1 atom stereocenters. The number of allylic oxidation sites excluding steroid dienone is 2. The molecule has 1 fully saturated rings. The van der Waals surface area contributed by atoms with Crippen LogP contribution in [0, 0.1) is 0 Å². The van der Waals surface area contributed by atoms with Gasteiger partial charge >= 0.3 is 0 Å². The lowest BCUT2D eigenvalue weighted by Crippen LogP contribution is -2.28. The van der Waals surface area contributed by atoms with Crippen LogP contribution in [0.1, 0.15) is 40.7 Å². The summed E-state index contributed by atoms with van der Waals surface area (Å²) in [6.07, 6.45) is 11.5. The molecule has 36 heavy (non-hydrogen) atoms. The number of nitrogens with zero attached hydrogens (tertiary/aromatic N) is 1. The molecule has 186 valence electrons.